The first-order valence-corrected chi connectivity index (χ1v) is 21.8. The average Bonchev–Trinajstić information content (AvgIpc) is 3.86. The van der Waals surface area contributed by atoms with Crippen molar-refractivity contribution in [3.63, 3.8) is 0 Å². The Labute approximate surface area is 345 Å². The summed E-state index contributed by atoms with van der Waals surface area (Å²) in [4.78, 5) is 42.3. The number of carbonyl (C=O) groups is 3. The number of nitrogens with zero attached hydrogens (tertiary/aromatic N) is 2. The van der Waals surface area contributed by atoms with E-state index in [1.165, 1.54) is 5.56 Å². The quantitative estimate of drug-likeness (QED) is 0.181. The minimum atomic E-state index is -1.37. The van der Waals surface area contributed by atoms with Crippen LogP contribution in [-0.4, -0.2) is 111 Å². The van der Waals surface area contributed by atoms with Gasteiger partial charge in [-0.1, -0.05) is 32.0 Å². The number of benzene rings is 1. The van der Waals surface area contributed by atoms with Gasteiger partial charge in [0.1, 0.15) is 25.0 Å². The van der Waals surface area contributed by atoms with E-state index in [0.717, 1.165) is 43.2 Å². The largest absolute Gasteiger partial charge is 1.00 e. The molecule has 5 bridgehead atoms. The number of hydrogen-bond acceptors (Lipinski definition) is 10. The fourth-order valence-electron chi connectivity index (χ4n) is 17.6. The zero-order valence-electron chi connectivity index (χ0n) is 33.4. The Hall–Kier alpha value is -2.35. The van der Waals surface area contributed by atoms with Gasteiger partial charge in [-0.25, -0.2) is 9.59 Å². The summed E-state index contributed by atoms with van der Waals surface area (Å²) in [7, 11) is 2.11. The Bertz CT molecular complexity index is 1950. The van der Waals surface area contributed by atoms with E-state index in [1.54, 1.807) is 6.08 Å². The van der Waals surface area contributed by atoms with Gasteiger partial charge in [-0.3, -0.25) is 4.48 Å². The molecule has 1 spiro atoms. The van der Waals surface area contributed by atoms with Crippen molar-refractivity contribution in [3.05, 3.63) is 41.5 Å². The van der Waals surface area contributed by atoms with Crippen LogP contribution < -0.4 is 21.9 Å². The molecule has 310 valence electrons. The van der Waals surface area contributed by atoms with Crippen molar-refractivity contribution in [2.24, 2.45) is 46.3 Å². The van der Waals surface area contributed by atoms with Gasteiger partial charge in [0.2, 0.25) is 0 Å². The normalized spacial score (nSPS) is 53.1. The minimum Gasteiger partial charge on any atom is -1.00 e. The van der Waals surface area contributed by atoms with Crippen molar-refractivity contribution in [2.75, 3.05) is 25.1 Å². The summed E-state index contributed by atoms with van der Waals surface area (Å²) in [6.07, 6.45) is 7.72. The van der Waals surface area contributed by atoms with Crippen LogP contribution in [0.15, 0.2) is 35.9 Å². The molecule has 12 rings (SSSR count). The first kappa shape index (κ1) is 38.8. The SMILES string of the molecule is CCC1[C@@H]2CC3C4N(C)c5ccccc5C45C[C@@H](C2[C@@H]5O)[N+]3(CC(=O)OC2CC[C@]3(C=O)C4CC[C@]5(C)C(C6=CC(=O)OC6)CCC5(O)C4CCC3(O)C2)[C@@H]1O.[Br-]. The van der Waals surface area contributed by atoms with E-state index in [1.807, 2.05) is 6.07 Å². The summed E-state index contributed by atoms with van der Waals surface area (Å²) in [6, 6.07) is 8.28. The maximum absolute atomic E-state index is 14.5. The highest BCUT2D eigenvalue weighted by molar-refractivity contribution is 5.85. The number of esters is 2. The Morgan fingerprint density at radius 3 is 2.54 bits per heavy atom. The molecule has 0 amide bonds. The van der Waals surface area contributed by atoms with Gasteiger partial charge in [0.25, 0.3) is 0 Å². The Morgan fingerprint density at radius 2 is 1.81 bits per heavy atom. The lowest BCUT2D eigenvalue weighted by molar-refractivity contribution is -1.03. The van der Waals surface area contributed by atoms with Crippen LogP contribution in [0.2, 0.25) is 0 Å². The molecule has 6 heterocycles. The van der Waals surface area contributed by atoms with Gasteiger partial charge in [-0.2, -0.15) is 0 Å². The van der Waals surface area contributed by atoms with Gasteiger partial charge in [-0.05, 0) is 98.7 Å². The molecule has 5 aliphatic carbocycles. The maximum Gasteiger partial charge on any atom is 0.362 e. The molecule has 4 N–H and O–H groups in total. The number of piperidine rings is 4. The monoisotopic (exact) mass is 850 g/mol. The fraction of sp³-hybridized carbons (Fsp3) is 0.756. The number of fused-ring (bicyclic) bond motifs is 7. The molecule has 11 aliphatic rings. The first-order valence-electron chi connectivity index (χ1n) is 21.8. The molecule has 1 aromatic rings. The first-order chi connectivity index (χ1) is 26.7. The van der Waals surface area contributed by atoms with Gasteiger partial charge in [0.15, 0.2) is 12.8 Å². The van der Waals surface area contributed by atoms with Crippen LogP contribution in [0.25, 0.3) is 0 Å². The highest BCUT2D eigenvalue weighted by atomic mass is 79.9. The fourth-order valence-corrected chi connectivity index (χ4v) is 17.6. The molecule has 12 unspecified atom stereocenters. The summed E-state index contributed by atoms with van der Waals surface area (Å²) in [5.41, 5.74) is -1.04. The predicted molar refractivity (Wildman–Crippen MR) is 202 cm³/mol. The van der Waals surface area contributed by atoms with Crippen molar-refractivity contribution in [2.45, 2.75) is 144 Å². The lowest BCUT2D eigenvalue weighted by Crippen LogP contribution is -3.00. The number of aliphatic hydroxyl groups excluding tert-OH is 2. The van der Waals surface area contributed by atoms with Gasteiger partial charge in [0, 0.05) is 55.3 Å². The summed E-state index contributed by atoms with van der Waals surface area (Å²) < 4.78 is 11.9. The molecule has 6 aliphatic heterocycles. The van der Waals surface area contributed by atoms with E-state index >= 15 is 0 Å². The lowest BCUT2D eigenvalue weighted by Gasteiger charge is -2.67. The summed E-state index contributed by atoms with van der Waals surface area (Å²) in [5, 5.41) is 50.1. The molecule has 18 atom stereocenters. The van der Waals surface area contributed by atoms with Crippen LogP contribution in [0.3, 0.4) is 0 Å². The Balaban J connectivity index is 0.00000396. The third-order valence-corrected chi connectivity index (χ3v) is 19.6. The molecule has 9 fully saturated rings. The van der Waals surface area contributed by atoms with E-state index in [-0.39, 0.29) is 107 Å². The van der Waals surface area contributed by atoms with Crippen LogP contribution in [0.1, 0.15) is 96.5 Å². The topological polar surface area (TPSA) is 154 Å². The highest BCUT2D eigenvalue weighted by Gasteiger charge is 2.83. The second-order valence-corrected chi connectivity index (χ2v) is 20.6. The standard InChI is InChI=1S/C45H59N2O9.BrH/c1-4-26-27-18-33-38-44(31-7-5-6-8-32(31)46(38)3)20-34(37(27)39(44)51)47(33,40(26)52)21-36(50)56-25-9-14-42(23-48)29-10-13-41(2)28(24-17-35(49)55-22-24)12-16-45(41,54)30(29)11-15-43(42,53)19-25;/h5-8,17,23,25-30,33-34,37-40,51-54H,4,9-16,18-22H2,1-3H3;1H/q+1;/p-1/t25?,26?,27-,28?,29?,30?,33?,34-,37?,38?,39-,40+,41+,42-,43?,44?,45?,47?;/m0./s1. The molecule has 12 heteroatoms. The van der Waals surface area contributed by atoms with Gasteiger partial charge < -0.3 is 56.6 Å². The van der Waals surface area contributed by atoms with Crippen molar-refractivity contribution >= 4 is 23.9 Å². The van der Waals surface area contributed by atoms with Crippen molar-refractivity contribution < 1.29 is 65.7 Å². The summed E-state index contributed by atoms with van der Waals surface area (Å²) in [5.74, 6) is -0.852. The number of anilines is 1. The van der Waals surface area contributed by atoms with Crippen LogP contribution >= 0.6 is 0 Å². The predicted octanol–water partition coefficient (Wildman–Crippen LogP) is 0.536. The molecule has 0 aromatic heterocycles. The molecule has 4 saturated heterocycles. The molecule has 5 saturated carbocycles. The lowest BCUT2D eigenvalue weighted by atomic mass is 9.41. The summed E-state index contributed by atoms with van der Waals surface area (Å²) >= 11 is 0. The number of aliphatic hydroxyl groups is 4. The Morgan fingerprint density at radius 1 is 1.04 bits per heavy atom. The van der Waals surface area contributed by atoms with E-state index in [4.69, 9.17) is 9.47 Å². The zero-order valence-corrected chi connectivity index (χ0v) is 35.0. The number of hydrogen-bond donors (Lipinski definition) is 4. The Kier molecular flexibility index (Phi) is 8.43. The maximum atomic E-state index is 14.5. The molecule has 11 nitrogen and oxygen atoms in total. The minimum absolute atomic E-state index is 0. The van der Waals surface area contributed by atoms with Crippen LogP contribution in [0.5, 0.6) is 0 Å². The van der Waals surface area contributed by atoms with Gasteiger partial charge in [-0.15, -0.1) is 0 Å². The van der Waals surface area contributed by atoms with Gasteiger partial charge >= 0.3 is 11.9 Å². The number of para-hydroxylation sites is 1. The second kappa shape index (κ2) is 12.4. The van der Waals surface area contributed by atoms with Crippen LogP contribution in [0, 0.1) is 46.3 Å². The summed E-state index contributed by atoms with van der Waals surface area (Å²) in [6.45, 7) is 4.56. The highest BCUT2D eigenvalue weighted by Crippen LogP contribution is 2.73. The number of likely N-dealkylation sites (N-methyl/N-ethyl adjacent to an activating group) is 1. The average molecular weight is 852 g/mol. The number of carbonyl (C=O) groups excluding carboxylic acids is 3. The second-order valence-electron chi connectivity index (χ2n) is 20.6. The number of cyclic esters (lactones) is 1. The molecular formula is C45H59BrN2O9. The van der Waals surface area contributed by atoms with Crippen molar-refractivity contribution in [1.82, 2.24) is 0 Å². The van der Waals surface area contributed by atoms with Gasteiger partial charge in [0.05, 0.1) is 40.2 Å². The van der Waals surface area contributed by atoms with Crippen molar-refractivity contribution in [3.8, 4) is 0 Å². The van der Waals surface area contributed by atoms with E-state index in [2.05, 4.69) is 44.0 Å². The van der Waals surface area contributed by atoms with E-state index in [0.29, 0.717) is 44.9 Å². The zero-order chi connectivity index (χ0) is 38.9. The molecular weight excluding hydrogens is 792 g/mol. The third-order valence-electron chi connectivity index (χ3n) is 19.6. The van der Waals surface area contributed by atoms with Crippen LogP contribution in [0.4, 0.5) is 5.69 Å². The smallest absolute Gasteiger partial charge is 0.362 e. The number of aldehydes is 1. The van der Waals surface area contributed by atoms with Crippen molar-refractivity contribution in [1.29, 1.82) is 0 Å². The number of halogens is 1. The van der Waals surface area contributed by atoms with E-state index in [9.17, 15) is 34.8 Å². The molecule has 0 radical (unpaired) electrons. The number of ether oxygens (including phenoxy) is 2. The number of rotatable bonds is 6. The number of quaternary nitrogens is 1. The third kappa shape index (κ3) is 4.34. The van der Waals surface area contributed by atoms with E-state index < -0.39 is 45.9 Å². The molecule has 1 aromatic carbocycles. The van der Waals surface area contributed by atoms with Crippen LogP contribution in [-0.2, 0) is 29.3 Å². The molecule has 57 heavy (non-hydrogen) atoms.